The summed E-state index contributed by atoms with van der Waals surface area (Å²) in [5, 5.41) is 14.1. The SMILES string of the molecule is CC(=O)c1ccc(Nc2cnnc(NCC(C)C)n2)cc1. The highest BCUT2D eigenvalue weighted by Crippen LogP contribution is 2.15. The molecule has 6 heteroatoms. The van der Waals surface area contributed by atoms with Crippen molar-refractivity contribution in [1.82, 2.24) is 15.2 Å². The van der Waals surface area contributed by atoms with Gasteiger partial charge in [0.05, 0.1) is 6.20 Å². The third kappa shape index (κ3) is 4.52. The Morgan fingerprint density at radius 2 is 1.95 bits per heavy atom. The zero-order valence-corrected chi connectivity index (χ0v) is 12.4. The Balaban J connectivity index is 2.05. The van der Waals surface area contributed by atoms with E-state index in [2.05, 4.69) is 39.7 Å². The first-order chi connectivity index (χ1) is 10.0. The first-order valence-corrected chi connectivity index (χ1v) is 6.86. The fraction of sp³-hybridized carbons (Fsp3) is 0.333. The lowest BCUT2D eigenvalue weighted by atomic mass is 10.1. The number of carbonyl (C=O) groups excluding carboxylic acids is 1. The van der Waals surface area contributed by atoms with E-state index in [4.69, 9.17) is 0 Å². The molecule has 0 aliphatic rings. The van der Waals surface area contributed by atoms with Crippen molar-refractivity contribution in [3.8, 4) is 0 Å². The van der Waals surface area contributed by atoms with Crippen molar-refractivity contribution < 1.29 is 4.79 Å². The standard InChI is InChI=1S/C15H19N5O/c1-10(2)8-16-15-19-14(9-17-20-15)18-13-6-4-12(5-7-13)11(3)21/h4-7,9-10H,8H2,1-3H3,(H2,16,18,19,20). The van der Waals surface area contributed by atoms with Gasteiger partial charge in [0.2, 0.25) is 5.95 Å². The van der Waals surface area contributed by atoms with Crippen molar-refractivity contribution in [3.05, 3.63) is 36.0 Å². The van der Waals surface area contributed by atoms with Crippen LogP contribution in [0.1, 0.15) is 31.1 Å². The van der Waals surface area contributed by atoms with Crippen LogP contribution in [-0.4, -0.2) is 27.5 Å². The van der Waals surface area contributed by atoms with Crippen LogP contribution in [0.25, 0.3) is 0 Å². The molecule has 0 unspecified atom stereocenters. The van der Waals surface area contributed by atoms with Gasteiger partial charge in [-0.3, -0.25) is 4.79 Å². The second-order valence-electron chi connectivity index (χ2n) is 5.20. The molecule has 1 aromatic heterocycles. The number of rotatable bonds is 6. The van der Waals surface area contributed by atoms with Crippen LogP contribution in [0.3, 0.4) is 0 Å². The molecule has 6 nitrogen and oxygen atoms in total. The first-order valence-electron chi connectivity index (χ1n) is 6.86. The monoisotopic (exact) mass is 285 g/mol. The minimum Gasteiger partial charge on any atom is -0.353 e. The molecule has 0 fully saturated rings. The number of benzene rings is 1. The molecule has 0 radical (unpaired) electrons. The van der Waals surface area contributed by atoms with Crippen LogP contribution in [-0.2, 0) is 0 Å². The normalized spacial score (nSPS) is 10.5. The number of hydrogen-bond donors (Lipinski definition) is 2. The maximum Gasteiger partial charge on any atom is 0.244 e. The number of hydrogen-bond acceptors (Lipinski definition) is 6. The van der Waals surface area contributed by atoms with E-state index >= 15 is 0 Å². The average Bonchev–Trinajstić information content (AvgIpc) is 2.46. The molecule has 2 aromatic rings. The summed E-state index contributed by atoms with van der Waals surface area (Å²) in [7, 11) is 0. The summed E-state index contributed by atoms with van der Waals surface area (Å²) in [5.74, 6) is 1.65. The second kappa shape index (κ2) is 6.78. The highest BCUT2D eigenvalue weighted by atomic mass is 16.1. The quantitative estimate of drug-likeness (QED) is 0.794. The number of aromatic nitrogens is 3. The van der Waals surface area contributed by atoms with E-state index in [1.807, 2.05) is 12.1 Å². The lowest BCUT2D eigenvalue weighted by Gasteiger charge is -2.09. The lowest BCUT2D eigenvalue weighted by Crippen LogP contribution is -2.11. The molecule has 2 N–H and O–H groups in total. The van der Waals surface area contributed by atoms with E-state index in [1.165, 1.54) is 0 Å². The van der Waals surface area contributed by atoms with E-state index in [1.54, 1.807) is 25.3 Å². The molecule has 1 heterocycles. The summed E-state index contributed by atoms with van der Waals surface area (Å²) in [6, 6.07) is 7.22. The van der Waals surface area contributed by atoms with Crippen LogP contribution in [0, 0.1) is 5.92 Å². The van der Waals surface area contributed by atoms with Gasteiger partial charge in [0.1, 0.15) is 0 Å². The maximum absolute atomic E-state index is 11.2. The van der Waals surface area contributed by atoms with Crippen LogP contribution in [0.5, 0.6) is 0 Å². The number of anilines is 3. The Hall–Kier alpha value is -2.50. The predicted molar refractivity (Wildman–Crippen MR) is 82.9 cm³/mol. The average molecular weight is 285 g/mol. The molecule has 0 aliphatic carbocycles. The summed E-state index contributed by atoms with van der Waals surface area (Å²) >= 11 is 0. The maximum atomic E-state index is 11.2. The topological polar surface area (TPSA) is 79.8 Å². The number of carbonyl (C=O) groups is 1. The highest BCUT2D eigenvalue weighted by Gasteiger charge is 2.03. The molecule has 21 heavy (non-hydrogen) atoms. The Morgan fingerprint density at radius 1 is 1.24 bits per heavy atom. The second-order valence-corrected chi connectivity index (χ2v) is 5.20. The van der Waals surface area contributed by atoms with Crippen LogP contribution in [0.4, 0.5) is 17.5 Å². The minimum absolute atomic E-state index is 0.0467. The number of nitrogens with zero attached hydrogens (tertiary/aromatic N) is 3. The number of ketones is 1. The summed E-state index contributed by atoms with van der Waals surface area (Å²) < 4.78 is 0. The molecule has 0 spiro atoms. The molecule has 0 atom stereocenters. The highest BCUT2D eigenvalue weighted by molar-refractivity contribution is 5.94. The van der Waals surface area contributed by atoms with Gasteiger partial charge in [-0.25, -0.2) is 0 Å². The molecule has 0 amide bonds. The molecule has 0 bridgehead atoms. The molecule has 2 rings (SSSR count). The molecule has 0 aliphatic heterocycles. The van der Waals surface area contributed by atoms with Crippen molar-refractivity contribution in [3.63, 3.8) is 0 Å². The number of nitrogens with one attached hydrogen (secondary N) is 2. The van der Waals surface area contributed by atoms with Crippen molar-refractivity contribution in [2.24, 2.45) is 5.92 Å². The van der Waals surface area contributed by atoms with E-state index in [-0.39, 0.29) is 5.78 Å². The summed E-state index contributed by atoms with van der Waals surface area (Å²) in [4.78, 5) is 15.6. The predicted octanol–water partition coefficient (Wildman–Crippen LogP) is 2.89. The smallest absolute Gasteiger partial charge is 0.244 e. The van der Waals surface area contributed by atoms with Gasteiger partial charge in [-0.1, -0.05) is 13.8 Å². The Morgan fingerprint density at radius 3 is 2.57 bits per heavy atom. The van der Waals surface area contributed by atoms with E-state index in [0.717, 1.165) is 12.2 Å². The van der Waals surface area contributed by atoms with Crippen LogP contribution < -0.4 is 10.6 Å². The lowest BCUT2D eigenvalue weighted by molar-refractivity contribution is 0.101. The van der Waals surface area contributed by atoms with Gasteiger partial charge in [-0.15, -0.1) is 5.10 Å². The zero-order chi connectivity index (χ0) is 15.2. The minimum atomic E-state index is 0.0467. The first kappa shape index (κ1) is 14.9. The van der Waals surface area contributed by atoms with Crippen molar-refractivity contribution in [1.29, 1.82) is 0 Å². The van der Waals surface area contributed by atoms with E-state index in [9.17, 15) is 4.79 Å². The Bertz CT molecular complexity index is 610. The molecule has 0 saturated heterocycles. The van der Waals surface area contributed by atoms with Gasteiger partial charge in [-0.2, -0.15) is 10.1 Å². The number of Topliss-reactive ketones (excluding diaryl/α,β-unsaturated/α-hetero) is 1. The Kier molecular flexibility index (Phi) is 4.81. The molecule has 110 valence electrons. The van der Waals surface area contributed by atoms with Crippen LogP contribution in [0.15, 0.2) is 30.5 Å². The third-order valence-corrected chi connectivity index (χ3v) is 2.79. The third-order valence-electron chi connectivity index (χ3n) is 2.79. The van der Waals surface area contributed by atoms with Crippen LogP contribution in [0.2, 0.25) is 0 Å². The van der Waals surface area contributed by atoms with E-state index in [0.29, 0.717) is 23.2 Å². The van der Waals surface area contributed by atoms with Crippen molar-refractivity contribution in [2.45, 2.75) is 20.8 Å². The van der Waals surface area contributed by atoms with Gasteiger partial charge in [0.25, 0.3) is 0 Å². The molecule has 1 aromatic carbocycles. The molecular weight excluding hydrogens is 266 g/mol. The molecule has 0 saturated carbocycles. The van der Waals surface area contributed by atoms with E-state index < -0.39 is 0 Å². The Labute approximate surface area is 124 Å². The fourth-order valence-corrected chi connectivity index (χ4v) is 1.67. The van der Waals surface area contributed by atoms with Crippen molar-refractivity contribution >= 4 is 23.2 Å². The largest absolute Gasteiger partial charge is 0.353 e. The van der Waals surface area contributed by atoms with Gasteiger partial charge in [-0.05, 0) is 37.1 Å². The summed E-state index contributed by atoms with van der Waals surface area (Å²) in [5.41, 5.74) is 1.52. The van der Waals surface area contributed by atoms with Gasteiger partial charge in [0, 0.05) is 17.8 Å². The summed E-state index contributed by atoms with van der Waals surface area (Å²) in [6.07, 6.45) is 1.55. The van der Waals surface area contributed by atoms with Crippen LogP contribution >= 0.6 is 0 Å². The fourth-order valence-electron chi connectivity index (χ4n) is 1.67. The molecular formula is C15H19N5O. The summed E-state index contributed by atoms with van der Waals surface area (Å²) in [6.45, 7) is 6.56. The zero-order valence-electron chi connectivity index (χ0n) is 12.4. The van der Waals surface area contributed by atoms with Gasteiger partial charge in [0.15, 0.2) is 11.6 Å². The van der Waals surface area contributed by atoms with Crippen molar-refractivity contribution in [2.75, 3.05) is 17.2 Å². The van der Waals surface area contributed by atoms with Gasteiger partial charge < -0.3 is 10.6 Å². The van der Waals surface area contributed by atoms with Gasteiger partial charge >= 0.3 is 0 Å².